The van der Waals surface area contributed by atoms with Crippen molar-refractivity contribution in [1.82, 2.24) is 15.5 Å². The van der Waals surface area contributed by atoms with Crippen LogP contribution < -0.4 is 5.32 Å². The molecule has 24 heavy (non-hydrogen) atoms. The van der Waals surface area contributed by atoms with Crippen molar-refractivity contribution in [2.24, 2.45) is 0 Å². The summed E-state index contributed by atoms with van der Waals surface area (Å²) in [5.74, 6) is 0.973. The Bertz CT molecular complexity index is 752. The second kappa shape index (κ2) is 6.83. The molecule has 1 aromatic carbocycles. The molecule has 1 amide bonds. The molecule has 2 aromatic rings. The Kier molecular flexibility index (Phi) is 4.61. The number of nitriles is 1. The van der Waals surface area contributed by atoms with E-state index >= 15 is 0 Å². The van der Waals surface area contributed by atoms with Gasteiger partial charge in [-0.15, -0.1) is 0 Å². The number of carbonyl (C=O) groups excluding carboxylic acids is 1. The van der Waals surface area contributed by atoms with Gasteiger partial charge < -0.3 is 9.84 Å². The number of amides is 1. The molecule has 6 nitrogen and oxygen atoms in total. The first-order valence-corrected chi connectivity index (χ1v) is 8.32. The van der Waals surface area contributed by atoms with Crippen molar-refractivity contribution >= 4 is 5.91 Å². The average Bonchev–Trinajstić information content (AvgIpc) is 3.12. The number of hydrogen-bond donors (Lipinski definition) is 1. The van der Waals surface area contributed by atoms with E-state index in [4.69, 9.17) is 9.78 Å². The van der Waals surface area contributed by atoms with Gasteiger partial charge in [-0.2, -0.15) is 10.2 Å². The first kappa shape index (κ1) is 16.2. The van der Waals surface area contributed by atoms with Gasteiger partial charge in [-0.25, -0.2) is 0 Å². The molecule has 3 rings (SSSR count). The molecule has 1 heterocycles. The zero-order valence-electron chi connectivity index (χ0n) is 13.7. The van der Waals surface area contributed by atoms with E-state index in [1.54, 1.807) is 24.3 Å². The maximum Gasteiger partial charge on any atom is 0.252 e. The molecule has 0 aliphatic heterocycles. The van der Waals surface area contributed by atoms with Crippen molar-refractivity contribution < 1.29 is 9.32 Å². The van der Waals surface area contributed by atoms with Crippen molar-refractivity contribution in [2.75, 3.05) is 0 Å². The average molecular weight is 324 g/mol. The predicted octanol–water partition coefficient (Wildman–Crippen LogP) is 3.09. The molecular weight excluding hydrogens is 304 g/mol. The van der Waals surface area contributed by atoms with Crippen molar-refractivity contribution in [3.05, 3.63) is 47.1 Å². The highest BCUT2D eigenvalue weighted by atomic mass is 16.5. The van der Waals surface area contributed by atoms with Crippen LogP contribution in [0.25, 0.3) is 0 Å². The highest BCUT2D eigenvalue weighted by Crippen LogP contribution is 2.36. The van der Waals surface area contributed by atoms with Crippen LogP contribution in [0, 0.1) is 11.3 Å². The Morgan fingerprint density at radius 2 is 2.00 bits per heavy atom. The lowest BCUT2D eigenvalue weighted by molar-refractivity contribution is 0.0824. The Hall–Kier alpha value is -2.68. The molecule has 124 valence electrons. The van der Waals surface area contributed by atoms with Gasteiger partial charge in [0.25, 0.3) is 11.8 Å². The zero-order chi connectivity index (χ0) is 17.0. The minimum atomic E-state index is -0.594. The van der Waals surface area contributed by atoms with Crippen LogP contribution in [0.5, 0.6) is 0 Å². The smallest absolute Gasteiger partial charge is 0.252 e. The monoisotopic (exact) mass is 324 g/mol. The van der Waals surface area contributed by atoms with Gasteiger partial charge in [-0.1, -0.05) is 31.3 Å². The Balaban J connectivity index is 1.86. The number of nitrogens with zero attached hydrogens (tertiary/aromatic N) is 3. The van der Waals surface area contributed by atoms with Crippen LogP contribution in [-0.4, -0.2) is 16.0 Å². The quantitative estimate of drug-likeness (QED) is 0.933. The molecule has 0 radical (unpaired) electrons. The summed E-state index contributed by atoms with van der Waals surface area (Å²) in [6.07, 6.45) is 5.45. The second-order valence-corrected chi connectivity index (χ2v) is 6.16. The van der Waals surface area contributed by atoms with Crippen LogP contribution in [0.3, 0.4) is 0 Å². The van der Waals surface area contributed by atoms with E-state index in [1.165, 1.54) is 0 Å². The number of carbonyl (C=O) groups is 1. The van der Waals surface area contributed by atoms with Crippen molar-refractivity contribution in [3.8, 4) is 6.07 Å². The normalized spacial score (nSPS) is 16.3. The molecule has 1 aliphatic carbocycles. The SMILES string of the molecule is CCc1noc(C2(NC(=O)c3ccc(C#N)cc3)CCCCC2)n1. The summed E-state index contributed by atoms with van der Waals surface area (Å²) in [6.45, 7) is 1.97. The minimum Gasteiger partial charge on any atom is -0.338 e. The van der Waals surface area contributed by atoms with Gasteiger partial charge in [-0.3, -0.25) is 4.79 Å². The van der Waals surface area contributed by atoms with E-state index < -0.39 is 5.54 Å². The maximum atomic E-state index is 12.7. The Labute approximate surface area is 140 Å². The topological polar surface area (TPSA) is 91.8 Å². The van der Waals surface area contributed by atoms with Crippen LogP contribution in [0.2, 0.25) is 0 Å². The zero-order valence-corrected chi connectivity index (χ0v) is 13.7. The molecule has 0 bridgehead atoms. The van der Waals surface area contributed by atoms with Gasteiger partial charge in [0.05, 0.1) is 11.6 Å². The summed E-state index contributed by atoms with van der Waals surface area (Å²) in [4.78, 5) is 17.1. The number of rotatable bonds is 4. The summed E-state index contributed by atoms with van der Waals surface area (Å²) in [5, 5.41) is 16.0. The summed E-state index contributed by atoms with van der Waals surface area (Å²) < 4.78 is 5.45. The van der Waals surface area contributed by atoms with E-state index in [0.29, 0.717) is 29.3 Å². The molecule has 0 unspecified atom stereocenters. The second-order valence-electron chi connectivity index (χ2n) is 6.16. The molecule has 0 atom stereocenters. The molecular formula is C18H20N4O2. The van der Waals surface area contributed by atoms with Crippen LogP contribution in [0.4, 0.5) is 0 Å². The first-order chi connectivity index (χ1) is 11.7. The van der Waals surface area contributed by atoms with Gasteiger partial charge in [0.15, 0.2) is 5.82 Å². The molecule has 0 saturated heterocycles. The predicted molar refractivity (Wildman–Crippen MR) is 87.1 cm³/mol. The number of benzene rings is 1. The molecule has 1 aliphatic rings. The van der Waals surface area contributed by atoms with Crippen molar-refractivity contribution in [2.45, 2.75) is 51.0 Å². The first-order valence-electron chi connectivity index (χ1n) is 8.32. The van der Waals surface area contributed by atoms with E-state index in [9.17, 15) is 4.79 Å². The Morgan fingerprint density at radius 1 is 1.29 bits per heavy atom. The fourth-order valence-electron chi connectivity index (χ4n) is 3.13. The molecule has 1 aromatic heterocycles. The van der Waals surface area contributed by atoms with E-state index in [1.807, 2.05) is 6.92 Å². The van der Waals surface area contributed by atoms with Crippen molar-refractivity contribution in [1.29, 1.82) is 5.26 Å². The summed E-state index contributed by atoms with van der Waals surface area (Å²) >= 11 is 0. The van der Waals surface area contributed by atoms with Gasteiger partial charge in [0, 0.05) is 12.0 Å². The lowest BCUT2D eigenvalue weighted by atomic mass is 9.81. The number of hydrogen-bond acceptors (Lipinski definition) is 5. The number of aromatic nitrogens is 2. The highest BCUT2D eigenvalue weighted by Gasteiger charge is 2.40. The fraction of sp³-hybridized carbons (Fsp3) is 0.444. The molecule has 1 saturated carbocycles. The third-order valence-electron chi connectivity index (χ3n) is 4.53. The largest absolute Gasteiger partial charge is 0.338 e. The Morgan fingerprint density at radius 3 is 2.58 bits per heavy atom. The van der Waals surface area contributed by atoms with E-state index in [0.717, 1.165) is 32.1 Å². The van der Waals surface area contributed by atoms with E-state index in [2.05, 4.69) is 21.5 Å². The maximum absolute atomic E-state index is 12.7. The molecule has 0 spiro atoms. The fourth-order valence-corrected chi connectivity index (χ4v) is 3.13. The summed E-state index contributed by atoms with van der Waals surface area (Å²) in [7, 11) is 0. The van der Waals surface area contributed by atoms with Crippen LogP contribution >= 0.6 is 0 Å². The van der Waals surface area contributed by atoms with Gasteiger partial charge in [0.2, 0.25) is 0 Å². The molecule has 1 fully saturated rings. The minimum absolute atomic E-state index is 0.183. The standard InChI is InChI=1S/C18H20N4O2/c1-2-15-20-17(24-22-15)18(10-4-3-5-11-18)21-16(23)14-8-6-13(12-19)7-9-14/h6-9H,2-5,10-11H2,1H3,(H,21,23). The van der Waals surface area contributed by atoms with Crippen LogP contribution in [0.15, 0.2) is 28.8 Å². The van der Waals surface area contributed by atoms with Crippen LogP contribution in [0.1, 0.15) is 66.7 Å². The molecule has 6 heteroatoms. The molecule has 1 N–H and O–H groups in total. The van der Waals surface area contributed by atoms with Gasteiger partial charge >= 0.3 is 0 Å². The third-order valence-corrected chi connectivity index (χ3v) is 4.53. The number of aryl methyl sites for hydroxylation is 1. The third kappa shape index (κ3) is 3.16. The van der Waals surface area contributed by atoms with Crippen LogP contribution in [-0.2, 0) is 12.0 Å². The van der Waals surface area contributed by atoms with Gasteiger partial charge in [-0.05, 0) is 37.1 Å². The van der Waals surface area contributed by atoms with Crippen molar-refractivity contribution in [3.63, 3.8) is 0 Å². The summed E-state index contributed by atoms with van der Waals surface area (Å²) in [5.41, 5.74) is 0.460. The highest BCUT2D eigenvalue weighted by molar-refractivity contribution is 5.94. The number of nitrogens with one attached hydrogen (secondary N) is 1. The van der Waals surface area contributed by atoms with Gasteiger partial charge in [0.1, 0.15) is 5.54 Å². The summed E-state index contributed by atoms with van der Waals surface area (Å²) in [6, 6.07) is 8.66. The lowest BCUT2D eigenvalue weighted by Crippen LogP contribution is -2.47. The van der Waals surface area contributed by atoms with E-state index in [-0.39, 0.29) is 5.91 Å². The lowest BCUT2D eigenvalue weighted by Gasteiger charge is -2.34.